The summed E-state index contributed by atoms with van der Waals surface area (Å²) in [5.74, 6) is 0.171. The minimum absolute atomic E-state index is 0.0665. The lowest BCUT2D eigenvalue weighted by Crippen LogP contribution is -2.57. The highest BCUT2D eigenvalue weighted by Gasteiger charge is 2.38. The number of benzene rings is 1. The number of anilines is 4. The Bertz CT molecular complexity index is 1440. The van der Waals surface area contributed by atoms with Crippen LogP contribution in [0.4, 0.5) is 23.0 Å². The van der Waals surface area contributed by atoms with Crippen molar-refractivity contribution in [1.82, 2.24) is 24.5 Å². The van der Waals surface area contributed by atoms with Gasteiger partial charge in [0.1, 0.15) is 11.2 Å². The van der Waals surface area contributed by atoms with Crippen molar-refractivity contribution in [3.8, 4) is 11.3 Å². The van der Waals surface area contributed by atoms with Gasteiger partial charge in [-0.2, -0.15) is 0 Å². The number of hydrogen-bond acceptors (Lipinski definition) is 10. The van der Waals surface area contributed by atoms with Gasteiger partial charge in [0, 0.05) is 51.2 Å². The van der Waals surface area contributed by atoms with E-state index in [1.807, 2.05) is 23.7 Å². The number of fused-ring (bicyclic) bond motifs is 3. The molecule has 3 saturated heterocycles. The van der Waals surface area contributed by atoms with Gasteiger partial charge in [-0.3, -0.25) is 4.98 Å². The number of carbonyl (C=O) groups is 1. The summed E-state index contributed by atoms with van der Waals surface area (Å²) in [5.41, 5.74) is 4.66. The Morgan fingerprint density at radius 2 is 1.86 bits per heavy atom. The minimum atomic E-state index is -0.598. The Labute approximate surface area is 207 Å². The fourth-order valence-electron chi connectivity index (χ4n) is 4.80. The first-order valence-electron chi connectivity index (χ1n) is 11.7. The number of imidazole rings is 1. The first-order chi connectivity index (χ1) is 17.5. The zero-order valence-electron chi connectivity index (χ0n) is 20.2. The molecule has 2 atom stereocenters. The van der Waals surface area contributed by atoms with Gasteiger partial charge in [-0.1, -0.05) is 0 Å². The standard InChI is InChI=1S/C25H26N8O3/c1-26-23-21(18-9-27-10-19-20(18)28-13-32(19)2)30-22(25(34)35-3)24(31-23)29-14-4-6-15(7-5-14)33-11-16-8-17(12-33)36-16/h4-7,9-10,13,16-17H,8,11-12H2,1-3H3,(H2,26,29,31). The van der Waals surface area contributed by atoms with Crippen LogP contribution < -0.4 is 15.5 Å². The molecule has 2 unspecified atom stereocenters. The Hall–Kier alpha value is -4.25. The highest BCUT2D eigenvalue weighted by Crippen LogP contribution is 2.34. The SMILES string of the molecule is CNc1nc(Nc2ccc(N3CC4CC(C3)O4)cc2)c(C(=O)OC)nc1-c1cncc2c1ncn2C. The fraction of sp³-hybridized carbons (Fsp3) is 0.320. The summed E-state index contributed by atoms with van der Waals surface area (Å²) < 4.78 is 12.6. The minimum Gasteiger partial charge on any atom is -0.464 e. The van der Waals surface area contributed by atoms with Crippen LogP contribution >= 0.6 is 0 Å². The summed E-state index contributed by atoms with van der Waals surface area (Å²) in [6.07, 6.45) is 6.94. The number of carbonyl (C=O) groups excluding carboxylic acids is 1. The molecule has 0 saturated carbocycles. The van der Waals surface area contributed by atoms with E-state index in [-0.39, 0.29) is 11.5 Å². The van der Waals surface area contributed by atoms with Crippen molar-refractivity contribution in [2.24, 2.45) is 7.05 Å². The predicted octanol–water partition coefficient (Wildman–Crippen LogP) is 2.97. The van der Waals surface area contributed by atoms with Crippen molar-refractivity contribution in [2.45, 2.75) is 18.6 Å². The molecule has 3 aliphatic heterocycles. The van der Waals surface area contributed by atoms with Crippen LogP contribution in [0.2, 0.25) is 0 Å². The van der Waals surface area contributed by atoms with Crippen molar-refractivity contribution < 1.29 is 14.3 Å². The van der Waals surface area contributed by atoms with E-state index in [1.165, 1.54) is 7.11 Å². The van der Waals surface area contributed by atoms with Crippen molar-refractivity contribution in [2.75, 3.05) is 42.8 Å². The Morgan fingerprint density at radius 3 is 2.56 bits per heavy atom. The Kier molecular flexibility index (Phi) is 5.41. The average Bonchev–Trinajstić information content (AvgIpc) is 3.29. The highest BCUT2D eigenvalue weighted by molar-refractivity contribution is 5.98. The number of piperidine rings is 1. The molecule has 11 heteroatoms. The maximum absolute atomic E-state index is 12.7. The number of esters is 1. The maximum Gasteiger partial charge on any atom is 0.360 e. The molecule has 0 spiro atoms. The van der Waals surface area contributed by atoms with E-state index in [1.54, 1.807) is 25.8 Å². The smallest absolute Gasteiger partial charge is 0.360 e. The fourth-order valence-corrected chi connectivity index (χ4v) is 4.80. The summed E-state index contributed by atoms with van der Waals surface area (Å²) in [4.78, 5) is 33.3. The Morgan fingerprint density at radius 1 is 1.11 bits per heavy atom. The second kappa shape index (κ2) is 8.76. The lowest BCUT2D eigenvalue weighted by atomic mass is 9.98. The normalized spacial score (nSPS) is 18.6. The molecule has 11 nitrogen and oxygen atoms in total. The zero-order valence-corrected chi connectivity index (χ0v) is 20.2. The van der Waals surface area contributed by atoms with Crippen LogP contribution in [0.1, 0.15) is 16.9 Å². The van der Waals surface area contributed by atoms with E-state index in [9.17, 15) is 4.79 Å². The third-order valence-electron chi connectivity index (χ3n) is 6.66. The number of pyridine rings is 1. The molecule has 184 valence electrons. The number of aromatic nitrogens is 5. The van der Waals surface area contributed by atoms with Crippen molar-refractivity contribution in [3.05, 3.63) is 48.7 Å². The van der Waals surface area contributed by atoms with E-state index in [0.29, 0.717) is 34.8 Å². The lowest BCUT2D eigenvalue weighted by molar-refractivity contribution is -0.133. The van der Waals surface area contributed by atoms with E-state index in [2.05, 4.69) is 42.6 Å². The number of morpholine rings is 1. The quantitative estimate of drug-likeness (QED) is 0.394. The van der Waals surface area contributed by atoms with Gasteiger partial charge in [-0.05, 0) is 24.3 Å². The lowest BCUT2D eigenvalue weighted by Gasteiger charge is -2.48. The molecular formula is C25H26N8O3. The first kappa shape index (κ1) is 22.2. The van der Waals surface area contributed by atoms with Gasteiger partial charge < -0.3 is 29.6 Å². The van der Waals surface area contributed by atoms with E-state index in [4.69, 9.17) is 14.5 Å². The van der Waals surface area contributed by atoms with E-state index in [0.717, 1.165) is 36.4 Å². The number of rotatable bonds is 6. The summed E-state index contributed by atoms with van der Waals surface area (Å²) in [6.45, 7) is 1.82. The maximum atomic E-state index is 12.7. The van der Waals surface area contributed by atoms with E-state index >= 15 is 0 Å². The van der Waals surface area contributed by atoms with Gasteiger partial charge in [0.15, 0.2) is 17.3 Å². The molecule has 36 heavy (non-hydrogen) atoms. The second-order valence-corrected chi connectivity index (χ2v) is 8.96. The van der Waals surface area contributed by atoms with E-state index < -0.39 is 5.97 Å². The van der Waals surface area contributed by atoms with Crippen molar-refractivity contribution in [1.29, 1.82) is 0 Å². The predicted molar refractivity (Wildman–Crippen MR) is 136 cm³/mol. The molecule has 4 aromatic rings. The van der Waals surface area contributed by atoms with Crippen LogP contribution in [-0.4, -0.2) is 69.9 Å². The van der Waals surface area contributed by atoms with Crippen LogP contribution in [0.3, 0.4) is 0 Å². The monoisotopic (exact) mass is 486 g/mol. The summed E-state index contributed by atoms with van der Waals surface area (Å²) in [6, 6.07) is 8.04. The molecule has 2 bridgehead atoms. The van der Waals surface area contributed by atoms with Gasteiger partial charge in [0.25, 0.3) is 0 Å². The molecule has 3 aromatic heterocycles. The van der Waals surface area contributed by atoms with Gasteiger partial charge in [0.05, 0.1) is 42.9 Å². The molecule has 7 rings (SSSR count). The average molecular weight is 487 g/mol. The van der Waals surface area contributed by atoms with Crippen molar-refractivity contribution >= 4 is 40.0 Å². The molecule has 0 amide bonds. The molecule has 0 radical (unpaired) electrons. The van der Waals surface area contributed by atoms with Gasteiger partial charge >= 0.3 is 5.97 Å². The number of aryl methyl sites for hydroxylation is 1. The molecule has 3 aliphatic rings. The second-order valence-electron chi connectivity index (χ2n) is 8.96. The van der Waals surface area contributed by atoms with Gasteiger partial charge in [0.2, 0.25) is 0 Å². The highest BCUT2D eigenvalue weighted by atomic mass is 16.5. The summed E-state index contributed by atoms with van der Waals surface area (Å²) >= 11 is 0. The number of ether oxygens (including phenoxy) is 2. The van der Waals surface area contributed by atoms with Crippen LogP contribution in [0.5, 0.6) is 0 Å². The zero-order chi connectivity index (χ0) is 24.8. The molecule has 2 N–H and O–H groups in total. The largest absolute Gasteiger partial charge is 0.464 e. The van der Waals surface area contributed by atoms with Gasteiger partial charge in [-0.15, -0.1) is 0 Å². The number of methoxy groups -OCH3 is 1. The van der Waals surface area contributed by atoms with Crippen molar-refractivity contribution in [3.63, 3.8) is 0 Å². The summed E-state index contributed by atoms with van der Waals surface area (Å²) in [7, 11) is 4.97. The Balaban J connectivity index is 1.35. The molecule has 3 fully saturated rings. The third kappa shape index (κ3) is 3.77. The van der Waals surface area contributed by atoms with Gasteiger partial charge in [-0.25, -0.2) is 19.7 Å². The molecule has 1 aromatic carbocycles. The summed E-state index contributed by atoms with van der Waals surface area (Å²) in [5, 5.41) is 6.33. The first-order valence-corrected chi connectivity index (χ1v) is 11.7. The van der Waals surface area contributed by atoms with Crippen LogP contribution in [-0.2, 0) is 16.5 Å². The molecule has 6 heterocycles. The number of hydrogen-bond donors (Lipinski definition) is 2. The number of nitrogens with one attached hydrogen (secondary N) is 2. The molecular weight excluding hydrogens is 460 g/mol. The van der Waals surface area contributed by atoms with Crippen LogP contribution in [0.25, 0.3) is 22.3 Å². The third-order valence-corrected chi connectivity index (χ3v) is 6.66. The topological polar surface area (TPSA) is 119 Å². The number of nitrogens with zero attached hydrogens (tertiary/aromatic N) is 6. The molecule has 0 aliphatic carbocycles. The van der Waals surface area contributed by atoms with Crippen LogP contribution in [0.15, 0.2) is 43.0 Å². The van der Waals surface area contributed by atoms with Crippen LogP contribution in [0, 0.1) is 0 Å².